The summed E-state index contributed by atoms with van der Waals surface area (Å²) in [6, 6.07) is 1.93. The van der Waals surface area contributed by atoms with Crippen molar-refractivity contribution in [1.29, 1.82) is 0 Å². The first-order chi connectivity index (χ1) is 3.81. The molecule has 0 unspecified atom stereocenters. The van der Waals surface area contributed by atoms with Gasteiger partial charge in [-0.25, -0.2) is 10.1 Å². The van der Waals surface area contributed by atoms with E-state index in [1.165, 1.54) is 0 Å². The number of carbonyl (C=O) groups excluding carboxylic acids is 1. The smallest absolute Gasteiger partial charge is 0.418 e. The summed E-state index contributed by atoms with van der Waals surface area (Å²) >= 11 is 0. The summed E-state index contributed by atoms with van der Waals surface area (Å²) in [7, 11) is 0. The predicted molar refractivity (Wildman–Crippen MR) is 29.0 cm³/mol. The van der Waals surface area contributed by atoms with Crippen LogP contribution in [0.25, 0.3) is 0 Å². The molecule has 0 aliphatic heterocycles. The van der Waals surface area contributed by atoms with Crippen molar-refractivity contribution in [3.05, 3.63) is 0 Å². The Morgan fingerprint density at radius 1 is 2.00 bits per heavy atom. The number of carbonyl (C=O) groups is 1. The van der Waals surface area contributed by atoms with Gasteiger partial charge < -0.3 is 4.74 Å². The fraction of sp³-hybridized carbons (Fsp3) is 0.400. The molecule has 0 aromatic carbocycles. The molecule has 0 atom stereocenters. The first-order valence-electron chi connectivity index (χ1n) is 2.19. The first-order valence-corrected chi connectivity index (χ1v) is 2.19. The van der Waals surface area contributed by atoms with Crippen LogP contribution in [0.15, 0.2) is 0 Å². The molecule has 3 nitrogen and oxygen atoms in total. The molecule has 0 aliphatic rings. The van der Waals surface area contributed by atoms with E-state index >= 15 is 0 Å². The highest BCUT2D eigenvalue weighted by atomic mass is 16.5. The second-order valence-electron chi connectivity index (χ2n) is 0.990. The van der Waals surface area contributed by atoms with Crippen LogP contribution >= 0.6 is 0 Å². The summed E-state index contributed by atoms with van der Waals surface area (Å²) in [6.07, 6.45) is 4.12. The average molecular weight is 113 g/mol. The second-order valence-corrected chi connectivity index (χ2v) is 0.990. The van der Waals surface area contributed by atoms with Crippen LogP contribution in [-0.4, -0.2) is 12.7 Å². The summed E-state index contributed by atoms with van der Waals surface area (Å²) in [6.45, 7) is 2.05. The zero-order valence-electron chi connectivity index (χ0n) is 4.60. The molecule has 0 radical (unpaired) electrons. The largest absolute Gasteiger partial charge is 0.449 e. The van der Waals surface area contributed by atoms with Crippen LogP contribution in [0.1, 0.15) is 6.92 Å². The molecule has 0 heterocycles. The third kappa shape index (κ3) is 3.04. The zero-order valence-corrected chi connectivity index (χ0v) is 4.60. The van der Waals surface area contributed by atoms with Crippen molar-refractivity contribution >= 4 is 6.09 Å². The number of hydrogen-bond donors (Lipinski definition) is 1. The van der Waals surface area contributed by atoms with Crippen LogP contribution in [0.3, 0.4) is 0 Å². The molecule has 0 aromatic heterocycles. The SMILES string of the molecule is C#CNC(=O)OCC. The predicted octanol–water partition coefficient (Wildman–Crippen LogP) is 0.323. The van der Waals surface area contributed by atoms with E-state index in [0.29, 0.717) is 6.61 Å². The Hall–Kier alpha value is -1.17. The number of ether oxygens (including phenoxy) is 1. The van der Waals surface area contributed by atoms with Gasteiger partial charge in [0.15, 0.2) is 0 Å². The van der Waals surface area contributed by atoms with Crippen molar-refractivity contribution in [1.82, 2.24) is 5.32 Å². The minimum Gasteiger partial charge on any atom is -0.449 e. The van der Waals surface area contributed by atoms with Crippen molar-refractivity contribution in [3.8, 4) is 12.5 Å². The fourth-order valence-electron chi connectivity index (χ4n) is 0.226. The van der Waals surface area contributed by atoms with Crippen molar-refractivity contribution < 1.29 is 9.53 Å². The molecule has 0 aliphatic carbocycles. The number of nitrogens with one attached hydrogen (secondary N) is 1. The van der Waals surface area contributed by atoms with E-state index in [1.54, 1.807) is 6.92 Å². The summed E-state index contributed by atoms with van der Waals surface area (Å²) in [5.41, 5.74) is 0. The lowest BCUT2D eigenvalue weighted by Crippen LogP contribution is -2.18. The Balaban J connectivity index is 3.23. The monoisotopic (exact) mass is 113 g/mol. The standard InChI is InChI=1S/C5H7NO2/c1-3-6-5(7)8-4-2/h1H,4H2,2H3,(H,6,7). The van der Waals surface area contributed by atoms with Gasteiger partial charge in [0.05, 0.1) is 6.61 Å². The summed E-state index contributed by atoms with van der Waals surface area (Å²) < 4.78 is 4.39. The topological polar surface area (TPSA) is 38.3 Å². The van der Waals surface area contributed by atoms with E-state index in [2.05, 4.69) is 4.74 Å². The Bertz CT molecular complexity index is 114. The Morgan fingerprint density at radius 3 is 3.00 bits per heavy atom. The van der Waals surface area contributed by atoms with Crippen LogP contribution in [0.2, 0.25) is 0 Å². The van der Waals surface area contributed by atoms with Crippen LogP contribution < -0.4 is 5.32 Å². The molecule has 8 heavy (non-hydrogen) atoms. The summed E-state index contributed by atoms with van der Waals surface area (Å²) in [5, 5.41) is 2.01. The number of hydrogen-bond acceptors (Lipinski definition) is 2. The number of amides is 1. The van der Waals surface area contributed by atoms with E-state index < -0.39 is 6.09 Å². The number of alkyl carbamates (subject to hydrolysis) is 1. The van der Waals surface area contributed by atoms with Gasteiger partial charge in [0.2, 0.25) is 0 Å². The second kappa shape index (κ2) is 4.00. The Morgan fingerprint density at radius 2 is 2.62 bits per heavy atom. The van der Waals surface area contributed by atoms with Gasteiger partial charge in [-0.1, -0.05) is 6.42 Å². The molecular weight excluding hydrogens is 106 g/mol. The summed E-state index contributed by atoms with van der Waals surface area (Å²) in [5.74, 6) is 0. The maximum Gasteiger partial charge on any atom is 0.418 e. The molecule has 0 bridgehead atoms. The lowest BCUT2D eigenvalue weighted by atomic mass is 10.9. The number of rotatable bonds is 1. The van der Waals surface area contributed by atoms with Gasteiger partial charge >= 0.3 is 6.09 Å². The minimum atomic E-state index is -0.574. The Labute approximate surface area is 48.0 Å². The van der Waals surface area contributed by atoms with Gasteiger partial charge in [0, 0.05) is 6.04 Å². The lowest BCUT2D eigenvalue weighted by Gasteiger charge is -1.95. The maximum absolute atomic E-state index is 10.2. The third-order valence-electron chi connectivity index (χ3n) is 0.450. The molecule has 0 spiro atoms. The molecule has 1 amide bonds. The third-order valence-corrected chi connectivity index (χ3v) is 0.450. The summed E-state index contributed by atoms with van der Waals surface area (Å²) in [4.78, 5) is 10.2. The van der Waals surface area contributed by atoms with E-state index in [4.69, 9.17) is 6.42 Å². The highest BCUT2D eigenvalue weighted by Crippen LogP contribution is 1.71. The zero-order chi connectivity index (χ0) is 6.41. The maximum atomic E-state index is 10.2. The van der Waals surface area contributed by atoms with E-state index in [-0.39, 0.29) is 0 Å². The van der Waals surface area contributed by atoms with Crippen LogP contribution in [0, 0.1) is 12.5 Å². The van der Waals surface area contributed by atoms with E-state index in [1.807, 2.05) is 11.4 Å². The molecule has 0 saturated heterocycles. The Kier molecular flexibility index (Phi) is 3.42. The van der Waals surface area contributed by atoms with Gasteiger partial charge in [-0.05, 0) is 6.92 Å². The van der Waals surface area contributed by atoms with Crippen LogP contribution in [0.5, 0.6) is 0 Å². The highest BCUT2D eigenvalue weighted by molar-refractivity contribution is 5.69. The van der Waals surface area contributed by atoms with Gasteiger partial charge in [-0.15, -0.1) is 0 Å². The van der Waals surface area contributed by atoms with Crippen molar-refractivity contribution in [2.45, 2.75) is 6.92 Å². The molecule has 3 heteroatoms. The minimum absolute atomic E-state index is 0.341. The lowest BCUT2D eigenvalue weighted by molar-refractivity contribution is 0.157. The van der Waals surface area contributed by atoms with Crippen molar-refractivity contribution in [2.24, 2.45) is 0 Å². The number of terminal acetylenes is 1. The van der Waals surface area contributed by atoms with Gasteiger partial charge in [0.1, 0.15) is 0 Å². The quantitative estimate of drug-likeness (QED) is 0.393. The van der Waals surface area contributed by atoms with Crippen LogP contribution in [-0.2, 0) is 4.74 Å². The van der Waals surface area contributed by atoms with Gasteiger partial charge in [-0.2, -0.15) is 0 Å². The molecule has 0 rings (SSSR count). The first kappa shape index (κ1) is 6.83. The van der Waals surface area contributed by atoms with Gasteiger partial charge in [-0.3, -0.25) is 0 Å². The molecule has 0 fully saturated rings. The molecule has 44 valence electrons. The molecule has 0 aromatic rings. The van der Waals surface area contributed by atoms with E-state index in [9.17, 15) is 4.79 Å². The fourth-order valence-corrected chi connectivity index (χ4v) is 0.226. The van der Waals surface area contributed by atoms with Crippen LogP contribution in [0.4, 0.5) is 4.79 Å². The van der Waals surface area contributed by atoms with Crippen molar-refractivity contribution in [2.75, 3.05) is 6.61 Å². The van der Waals surface area contributed by atoms with Crippen molar-refractivity contribution in [3.63, 3.8) is 0 Å². The van der Waals surface area contributed by atoms with E-state index in [0.717, 1.165) is 0 Å². The average Bonchev–Trinajstić information content (AvgIpc) is 1.68. The molecule has 1 N–H and O–H groups in total. The molecule has 0 saturated carbocycles. The normalized spacial score (nSPS) is 7.00. The molecular formula is C5H7NO2. The van der Waals surface area contributed by atoms with Gasteiger partial charge in [0.25, 0.3) is 0 Å². The highest BCUT2D eigenvalue weighted by Gasteiger charge is 1.91.